The van der Waals surface area contributed by atoms with Gasteiger partial charge in [-0.1, -0.05) is 19.1 Å². The molecule has 0 bridgehead atoms. The van der Waals surface area contributed by atoms with E-state index in [1.165, 1.54) is 12.1 Å². The Bertz CT molecular complexity index is 485. The number of nitrogens with one attached hydrogen (secondary N) is 1. The molecular formula is C17H28FN3O. The molecule has 0 aliphatic carbocycles. The molecule has 0 spiro atoms. The molecule has 22 heavy (non-hydrogen) atoms. The van der Waals surface area contributed by atoms with Crippen LogP contribution in [0.2, 0.25) is 0 Å². The van der Waals surface area contributed by atoms with Gasteiger partial charge < -0.3 is 5.32 Å². The minimum absolute atomic E-state index is 0.0748. The van der Waals surface area contributed by atoms with Gasteiger partial charge in [-0.05, 0) is 59.2 Å². The third-order valence-corrected chi connectivity index (χ3v) is 4.15. The van der Waals surface area contributed by atoms with E-state index in [-0.39, 0.29) is 17.3 Å². The summed E-state index contributed by atoms with van der Waals surface area (Å²) in [7, 11) is 5.73. The van der Waals surface area contributed by atoms with Crippen LogP contribution < -0.4 is 5.32 Å². The van der Waals surface area contributed by atoms with Crippen molar-refractivity contribution in [3.05, 3.63) is 35.6 Å². The summed E-state index contributed by atoms with van der Waals surface area (Å²) in [6, 6.07) is 5.65. The lowest BCUT2D eigenvalue weighted by Crippen LogP contribution is -2.51. The first-order chi connectivity index (χ1) is 10.2. The van der Waals surface area contributed by atoms with Crippen LogP contribution >= 0.6 is 0 Å². The molecule has 4 nitrogen and oxygen atoms in total. The van der Waals surface area contributed by atoms with Crippen molar-refractivity contribution in [1.29, 1.82) is 0 Å². The van der Waals surface area contributed by atoms with Crippen molar-refractivity contribution in [2.24, 2.45) is 0 Å². The molecule has 0 saturated heterocycles. The molecule has 1 N–H and O–H groups in total. The third-order valence-electron chi connectivity index (χ3n) is 4.15. The molecule has 1 aromatic carbocycles. The Balaban J connectivity index is 2.81. The third kappa shape index (κ3) is 4.78. The van der Waals surface area contributed by atoms with Gasteiger partial charge in [-0.2, -0.15) is 0 Å². The molecule has 0 aliphatic rings. The van der Waals surface area contributed by atoms with Crippen molar-refractivity contribution >= 4 is 5.91 Å². The van der Waals surface area contributed by atoms with Crippen molar-refractivity contribution in [3.63, 3.8) is 0 Å². The van der Waals surface area contributed by atoms with E-state index in [4.69, 9.17) is 0 Å². The highest BCUT2D eigenvalue weighted by atomic mass is 19.1. The monoisotopic (exact) mass is 309 g/mol. The standard InChI is InChI=1S/C17H28FN3O/c1-7-21(6)17(2,3)12-19-16(22)15(20(4)5)13-8-10-14(18)11-9-13/h8-11,15H,7,12H2,1-6H3,(H,19,22). The lowest BCUT2D eigenvalue weighted by Gasteiger charge is -2.35. The topological polar surface area (TPSA) is 35.6 Å². The van der Waals surface area contributed by atoms with Crippen LogP contribution in [0, 0.1) is 5.82 Å². The fourth-order valence-electron chi connectivity index (χ4n) is 2.29. The Kier molecular flexibility index (Phi) is 6.50. The average molecular weight is 309 g/mol. The first-order valence-corrected chi connectivity index (χ1v) is 7.60. The molecule has 0 fully saturated rings. The molecule has 0 radical (unpaired) electrons. The van der Waals surface area contributed by atoms with Crippen LogP contribution in [0.4, 0.5) is 4.39 Å². The van der Waals surface area contributed by atoms with Crippen molar-refractivity contribution in [1.82, 2.24) is 15.1 Å². The fourth-order valence-corrected chi connectivity index (χ4v) is 2.29. The molecule has 1 atom stereocenters. The number of rotatable bonds is 7. The Morgan fingerprint density at radius 2 is 1.77 bits per heavy atom. The van der Waals surface area contributed by atoms with E-state index in [1.54, 1.807) is 12.1 Å². The van der Waals surface area contributed by atoms with Gasteiger partial charge in [0.1, 0.15) is 11.9 Å². The Morgan fingerprint density at radius 1 is 1.23 bits per heavy atom. The SMILES string of the molecule is CCN(C)C(C)(C)CNC(=O)C(c1ccc(F)cc1)N(C)C. The second-order valence-corrected chi connectivity index (χ2v) is 6.46. The average Bonchev–Trinajstić information content (AvgIpc) is 2.46. The first-order valence-electron chi connectivity index (χ1n) is 7.60. The van der Waals surface area contributed by atoms with Gasteiger partial charge in [0.25, 0.3) is 0 Å². The second kappa shape index (κ2) is 7.70. The van der Waals surface area contributed by atoms with Crippen LogP contribution in [0.15, 0.2) is 24.3 Å². The predicted molar refractivity (Wildman–Crippen MR) is 88.2 cm³/mol. The molecule has 1 aromatic rings. The lowest BCUT2D eigenvalue weighted by molar-refractivity contribution is -0.126. The van der Waals surface area contributed by atoms with E-state index < -0.39 is 6.04 Å². The smallest absolute Gasteiger partial charge is 0.242 e. The molecule has 0 aliphatic heterocycles. The second-order valence-electron chi connectivity index (χ2n) is 6.46. The quantitative estimate of drug-likeness (QED) is 0.839. The summed E-state index contributed by atoms with van der Waals surface area (Å²) in [5.41, 5.74) is 0.662. The van der Waals surface area contributed by atoms with Crippen molar-refractivity contribution in [2.75, 3.05) is 34.2 Å². The molecule has 0 aromatic heterocycles. The van der Waals surface area contributed by atoms with Crippen LogP contribution in [0.25, 0.3) is 0 Å². The van der Waals surface area contributed by atoms with Gasteiger partial charge >= 0.3 is 0 Å². The highest BCUT2D eigenvalue weighted by Gasteiger charge is 2.27. The van der Waals surface area contributed by atoms with Crippen molar-refractivity contribution < 1.29 is 9.18 Å². The van der Waals surface area contributed by atoms with Gasteiger partial charge in [0.2, 0.25) is 5.91 Å². The van der Waals surface area contributed by atoms with Gasteiger partial charge in [0.05, 0.1) is 0 Å². The fraction of sp³-hybridized carbons (Fsp3) is 0.588. The Hall–Kier alpha value is -1.46. The molecule has 124 valence electrons. The van der Waals surface area contributed by atoms with E-state index in [9.17, 15) is 9.18 Å². The number of halogens is 1. The number of carbonyl (C=O) groups is 1. The Labute approximate surface area is 133 Å². The van der Waals surface area contributed by atoms with E-state index in [1.807, 2.05) is 26.0 Å². The summed E-state index contributed by atoms with van der Waals surface area (Å²) >= 11 is 0. The lowest BCUT2D eigenvalue weighted by atomic mass is 10.0. The summed E-state index contributed by atoms with van der Waals surface area (Å²) in [6.45, 7) is 7.75. The van der Waals surface area contributed by atoms with Crippen molar-refractivity contribution in [2.45, 2.75) is 32.4 Å². The van der Waals surface area contributed by atoms with Gasteiger partial charge in [-0.15, -0.1) is 0 Å². The summed E-state index contributed by atoms with van der Waals surface area (Å²) in [5, 5.41) is 3.02. The highest BCUT2D eigenvalue weighted by molar-refractivity contribution is 5.83. The minimum Gasteiger partial charge on any atom is -0.353 e. The maximum absolute atomic E-state index is 13.1. The summed E-state index contributed by atoms with van der Waals surface area (Å²) in [4.78, 5) is 16.6. The van der Waals surface area contributed by atoms with Crippen LogP contribution in [0.5, 0.6) is 0 Å². The zero-order chi connectivity index (χ0) is 16.9. The van der Waals surface area contributed by atoms with E-state index in [2.05, 4.69) is 31.0 Å². The zero-order valence-electron chi connectivity index (χ0n) is 14.5. The predicted octanol–water partition coefficient (Wildman–Crippen LogP) is 2.27. The number of hydrogen-bond donors (Lipinski definition) is 1. The summed E-state index contributed by atoms with van der Waals surface area (Å²) in [5.74, 6) is -0.374. The molecule has 1 unspecified atom stereocenters. The number of carbonyl (C=O) groups excluding carboxylic acids is 1. The molecule has 5 heteroatoms. The van der Waals surface area contributed by atoms with E-state index in [0.29, 0.717) is 6.54 Å². The van der Waals surface area contributed by atoms with Gasteiger partial charge in [-0.25, -0.2) is 4.39 Å². The van der Waals surface area contributed by atoms with Crippen LogP contribution in [-0.2, 0) is 4.79 Å². The number of benzene rings is 1. The van der Waals surface area contributed by atoms with Gasteiger partial charge in [0.15, 0.2) is 0 Å². The van der Waals surface area contributed by atoms with Crippen LogP contribution in [0.1, 0.15) is 32.4 Å². The molecular weight excluding hydrogens is 281 g/mol. The minimum atomic E-state index is -0.427. The number of hydrogen-bond acceptors (Lipinski definition) is 3. The summed E-state index contributed by atoms with van der Waals surface area (Å²) in [6.07, 6.45) is 0. The first kappa shape index (κ1) is 18.6. The van der Waals surface area contributed by atoms with E-state index in [0.717, 1.165) is 12.1 Å². The highest BCUT2D eigenvalue weighted by Crippen LogP contribution is 2.19. The number of nitrogens with zero attached hydrogens (tertiary/aromatic N) is 2. The zero-order valence-corrected chi connectivity index (χ0v) is 14.5. The van der Waals surface area contributed by atoms with Gasteiger partial charge in [-0.3, -0.25) is 14.6 Å². The normalized spacial score (nSPS) is 13.5. The van der Waals surface area contributed by atoms with Crippen molar-refractivity contribution in [3.8, 4) is 0 Å². The maximum atomic E-state index is 13.1. The Morgan fingerprint density at radius 3 is 2.23 bits per heavy atom. The maximum Gasteiger partial charge on any atom is 0.242 e. The molecule has 0 heterocycles. The molecule has 1 rings (SSSR count). The molecule has 0 saturated carbocycles. The largest absolute Gasteiger partial charge is 0.353 e. The number of amides is 1. The van der Waals surface area contributed by atoms with Gasteiger partial charge in [0, 0.05) is 12.1 Å². The number of likely N-dealkylation sites (N-methyl/N-ethyl adjacent to an activating group) is 2. The summed E-state index contributed by atoms with van der Waals surface area (Å²) < 4.78 is 13.1. The van der Waals surface area contributed by atoms with Crippen LogP contribution in [0.3, 0.4) is 0 Å². The molecule has 1 amide bonds. The van der Waals surface area contributed by atoms with Crippen LogP contribution in [-0.4, -0.2) is 55.5 Å². The van der Waals surface area contributed by atoms with E-state index >= 15 is 0 Å².